The average Bonchev–Trinajstić information content (AvgIpc) is 3.13. The van der Waals surface area contributed by atoms with Gasteiger partial charge in [0, 0.05) is 0 Å². The molecule has 0 unspecified atom stereocenters. The van der Waals surface area contributed by atoms with Gasteiger partial charge in [-0.25, -0.2) is 0 Å². The molecule has 46 heavy (non-hydrogen) atoms. The van der Waals surface area contributed by atoms with Crippen molar-refractivity contribution in [1.29, 1.82) is 0 Å². The van der Waals surface area contributed by atoms with Crippen LogP contribution in [0.5, 0.6) is 0 Å². The third-order valence-electron chi connectivity index (χ3n) is 9.46. The Kier molecular flexibility index (Phi) is 6.25. The van der Waals surface area contributed by atoms with Crippen molar-refractivity contribution in [2.75, 3.05) is 0 Å². The van der Waals surface area contributed by atoms with E-state index in [0.29, 0.717) is 0 Å². The fraction of sp³-hybridized carbons (Fsp3) is 0. The highest BCUT2D eigenvalue weighted by Crippen LogP contribution is 2.44. The van der Waals surface area contributed by atoms with E-state index in [4.69, 9.17) is 0 Å². The molecule has 0 saturated heterocycles. The predicted octanol–water partition coefficient (Wildman–Crippen LogP) is 13.0. The SMILES string of the molecule is c1ccc(-c2c3ccccc3c(-c3ccc4cccc(-c5ccc(-c6cccc7ccccc67)cc5)c4c3)c3ccccc23)cc1. The Morgan fingerprint density at radius 2 is 0.630 bits per heavy atom. The molecule has 0 fully saturated rings. The van der Waals surface area contributed by atoms with E-state index in [0.717, 1.165) is 0 Å². The zero-order chi connectivity index (χ0) is 30.5. The molecule has 0 atom stereocenters. The maximum Gasteiger partial charge on any atom is -0.00261 e. The van der Waals surface area contributed by atoms with Crippen LogP contribution in [0.25, 0.3) is 87.6 Å². The summed E-state index contributed by atoms with van der Waals surface area (Å²) in [6, 6.07) is 66.5. The van der Waals surface area contributed by atoms with Crippen LogP contribution in [0.4, 0.5) is 0 Å². The molecule has 0 aliphatic rings. The van der Waals surface area contributed by atoms with Crippen LogP contribution in [0.1, 0.15) is 0 Å². The molecule has 0 spiro atoms. The molecule has 9 rings (SSSR count). The van der Waals surface area contributed by atoms with Crippen molar-refractivity contribution in [2.45, 2.75) is 0 Å². The number of benzene rings is 9. The van der Waals surface area contributed by atoms with Gasteiger partial charge >= 0.3 is 0 Å². The lowest BCUT2D eigenvalue weighted by Gasteiger charge is -2.18. The smallest absolute Gasteiger partial charge is 0.00261 e. The second-order valence-electron chi connectivity index (χ2n) is 12.1. The van der Waals surface area contributed by atoms with Crippen LogP contribution >= 0.6 is 0 Å². The molecule has 0 radical (unpaired) electrons. The Morgan fingerprint density at radius 1 is 0.217 bits per heavy atom. The van der Waals surface area contributed by atoms with Gasteiger partial charge in [-0.2, -0.15) is 0 Å². The van der Waals surface area contributed by atoms with Crippen molar-refractivity contribution in [3.8, 4) is 44.5 Å². The summed E-state index contributed by atoms with van der Waals surface area (Å²) in [5.41, 5.74) is 10.0. The summed E-state index contributed by atoms with van der Waals surface area (Å²) < 4.78 is 0. The van der Waals surface area contributed by atoms with Gasteiger partial charge in [-0.05, 0) is 93.7 Å². The lowest BCUT2D eigenvalue weighted by Crippen LogP contribution is -1.91. The van der Waals surface area contributed by atoms with Crippen LogP contribution in [0, 0.1) is 0 Å². The lowest BCUT2D eigenvalue weighted by atomic mass is 9.85. The Balaban J connectivity index is 1.23. The third kappa shape index (κ3) is 4.30. The van der Waals surface area contributed by atoms with Gasteiger partial charge in [0.25, 0.3) is 0 Å². The molecule has 9 aromatic rings. The summed E-state index contributed by atoms with van der Waals surface area (Å²) in [6.07, 6.45) is 0. The standard InChI is InChI=1S/C46H30/c1-2-13-35(14-3-1)45-40-18-6-8-20-42(40)46(43-21-9-7-19-41(43)45)36-29-28-32-16-11-23-39(44(32)30-36)34-26-24-33(25-27-34)38-22-10-15-31-12-4-5-17-37(31)38/h1-30H. The second kappa shape index (κ2) is 10.9. The molecule has 0 amide bonds. The van der Waals surface area contributed by atoms with Crippen molar-refractivity contribution in [3.05, 3.63) is 182 Å². The maximum absolute atomic E-state index is 2.40. The topological polar surface area (TPSA) is 0 Å². The zero-order valence-corrected chi connectivity index (χ0v) is 25.3. The average molecular weight is 583 g/mol. The van der Waals surface area contributed by atoms with Crippen LogP contribution in [0.15, 0.2) is 182 Å². The highest BCUT2D eigenvalue weighted by atomic mass is 14.2. The lowest BCUT2D eigenvalue weighted by molar-refractivity contribution is 1.62. The third-order valence-corrected chi connectivity index (χ3v) is 9.46. The van der Waals surface area contributed by atoms with Crippen LogP contribution in [0.2, 0.25) is 0 Å². The van der Waals surface area contributed by atoms with Gasteiger partial charge in [-0.1, -0.05) is 176 Å². The molecule has 0 aliphatic heterocycles. The Hall–Kier alpha value is -5.98. The van der Waals surface area contributed by atoms with Crippen LogP contribution in [-0.2, 0) is 0 Å². The molecule has 0 heteroatoms. The molecule has 0 saturated carbocycles. The first kappa shape index (κ1) is 26.4. The van der Waals surface area contributed by atoms with Crippen molar-refractivity contribution in [2.24, 2.45) is 0 Å². The molecular weight excluding hydrogens is 553 g/mol. The highest BCUT2D eigenvalue weighted by Gasteiger charge is 2.17. The summed E-state index contributed by atoms with van der Waals surface area (Å²) in [5, 5.41) is 10.2. The summed E-state index contributed by atoms with van der Waals surface area (Å²) >= 11 is 0. The Bertz CT molecular complexity index is 2490. The fourth-order valence-electron chi connectivity index (χ4n) is 7.34. The maximum atomic E-state index is 2.40. The Labute approximate surface area is 268 Å². The molecule has 0 aromatic heterocycles. The van der Waals surface area contributed by atoms with Gasteiger partial charge in [0.05, 0.1) is 0 Å². The molecule has 0 aliphatic carbocycles. The van der Waals surface area contributed by atoms with Crippen molar-refractivity contribution in [1.82, 2.24) is 0 Å². The van der Waals surface area contributed by atoms with Gasteiger partial charge in [0.1, 0.15) is 0 Å². The first-order valence-electron chi connectivity index (χ1n) is 15.9. The fourth-order valence-corrected chi connectivity index (χ4v) is 7.34. The van der Waals surface area contributed by atoms with Crippen LogP contribution in [0.3, 0.4) is 0 Å². The second-order valence-corrected chi connectivity index (χ2v) is 12.1. The first-order valence-corrected chi connectivity index (χ1v) is 15.9. The normalized spacial score (nSPS) is 11.5. The minimum Gasteiger partial charge on any atom is -0.0622 e. The number of rotatable bonds is 4. The highest BCUT2D eigenvalue weighted by molar-refractivity contribution is 6.22. The van der Waals surface area contributed by atoms with E-state index in [1.54, 1.807) is 0 Å². The summed E-state index contributed by atoms with van der Waals surface area (Å²) in [4.78, 5) is 0. The van der Waals surface area contributed by atoms with Crippen LogP contribution < -0.4 is 0 Å². The van der Waals surface area contributed by atoms with E-state index in [-0.39, 0.29) is 0 Å². The van der Waals surface area contributed by atoms with E-state index in [2.05, 4.69) is 182 Å². The number of hydrogen-bond acceptors (Lipinski definition) is 0. The van der Waals surface area contributed by atoms with E-state index in [1.165, 1.54) is 87.6 Å². The largest absolute Gasteiger partial charge is 0.0622 e. The summed E-state index contributed by atoms with van der Waals surface area (Å²) in [5.74, 6) is 0. The van der Waals surface area contributed by atoms with Gasteiger partial charge in [-0.3, -0.25) is 0 Å². The molecular formula is C46H30. The number of fused-ring (bicyclic) bond motifs is 4. The van der Waals surface area contributed by atoms with Crippen LogP contribution in [-0.4, -0.2) is 0 Å². The van der Waals surface area contributed by atoms with E-state index in [1.807, 2.05) is 0 Å². The molecule has 214 valence electrons. The quantitative estimate of drug-likeness (QED) is 0.181. The number of hydrogen-bond donors (Lipinski definition) is 0. The van der Waals surface area contributed by atoms with Crippen molar-refractivity contribution < 1.29 is 0 Å². The van der Waals surface area contributed by atoms with E-state index in [9.17, 15) is 0 Å². The first-order chi connectivity index (χ1) is 22.8. The van der Waals surface area contributed by atoms with E-state index >= 15 is 0 Å². The van der Waals surface area contributed by atoms with E-state index < -0.39 is 0 Å². The van der Waals surface area contributed by atoms with Crippen molar-refractivity contribution in [3.63, 3.8) is 0 Å². The minimum absolute atomic E-state index is 1.22. The Morgan fingerprint density at radius 3 is 1.22 bits per heavy atom. The summed E-state index contributed by atoms with van der Waals surface area (Å²) in [7, 11) is 0. The van der Waals surface area contributed by atoms with Gasteiger partial charge in [0.2, 0.25) is 0 Å². The van der Waals surface area contributed by atoms with Gasteiger partial charge in [-0.15, -0.1) is 0 Å². The molecule has 0 N–H and O–H groups in total. The monoisotopic (exact) mass is 582 g/mol. The molecule has 0 bridgehead atoms. The molecule has 0 heterocycles. The van der Waals surface area contributed by atoms with Gasteiger partial charge in [0.15, 0.2) is 0 Å². The molecule has 9 aromatic carbocycles. The van der Waals surface area contributed by atoms with Gasteiger partial charge < -0.3 is 0 Å². The molecule has 0 nitrogen and oxygen atoms in total. The van der Waals surface area contributed by atoms with Crippen molar-refractivity contribution >= 4 is 43.1 Å². The minimum atomic E-state index is 1.22. The summed E-state index contributed by atoms with van der Waals surface area (Å²) in [6.45, 7) is 0. The predicted molar refractivity (Wildman–Crippen MR) is 198 cm³/mol. The zero-order valence-electron chi connectivity index (χ0n) is 25.3.